The van der Waals surface area contributed by atoms with Gasteiger partial charge in [0.25, 0.3) is 5.91 Å². The van der Waals surface area contributed by atoms with Crippen LogP contribution in [-0.2, 0) is 11.3 Å². The summed E-state index contributed by atoms with van der Waals surface area (Å²) in [6, 6.07) is 16.5. The van der Waals surface area contributed by atoms with Gasteiger partial charge in [-0.3, -0.25) is 14.5 Å². The van der Waals surface area contributed by atoms with E-state index < -0.39 is 0 Å². The molecule has 0 atom stereocenters. The molecular formula is C30H41N3O3. The van der Waals surface area contributed by atoms with Crippen LogP contribution in [0.25, 0.3) is 0 Å². The maximum atomic E-state index is 12.9. The minimum Gasteiger partial charge on any atom is -0.490 e. The molecule has 2 aromatic rings. The number of hydrogen-bond acceptors (Lipinski definition) is 4. The summed E-state index contributed by atoms with van der Waals surface area (Å²) in [5.74, 6) is 1.01. The van der Waals surface area contributed by atoms with E-state index in [1.165, 1.54) is 5.56 Å². The molecule has 0 aliphatic carbocycles. The van der Waals surface area contributed by atoms with E-state index in [2.05, 4.69) is 34.5 Å². The van der Waals surface area contributed by atoms with Crippen LogP contribution in [0.2, 0.25) is 0 Å². The number of benzene rings is 2. The molecule has 0 spiro atoms. The summed E-state index contributed by atoms with van der Waals surface area (Å²) >= 11 is 0. The molecule has 2 heterocycles. The number of ether oxygens (including phenoxy) is 1. The number of amides is 2. The van der Waals surface area contributed by atoms with Gasteiger partial charge < -0.3 is 15.0 Å². The molecule has 1 N–H and O–H groups in total. The van der Waals surface area contributed by atoms with Gasteiger partial charge in [0, 0.05) is 62.6 Å². The van der Waals surface area contributed by atoms with E-state index in [9.17, 15) is 9.59 Å². The first kappa shape index (κ1) is 26.2. The van der Waals surface area contributed by atoms with Gasteiger partial charge in [0.1, 0.15) is 11.9 Å². The predicted octanol–water partition coefficient (Wildman–Crippen LogP) is 4.81. The van der Waals surface area contributed by atoms with Gasteiger partial charge in [-0.05, 0) is 49.1 Å². The highest BCUT2D eigenvalue weighted by molar-refractivity contribution is 5.94. The predicted molar refractivity (Wildman–Crippen MR) is 143 cm³/mol. The Balaban J connectivity index is 1.23. The van der Waals surface area contributed by atoms with Gasteiger partial charge in [0.15, 0.2) is 0 Å². The molecule has 0 saturated carbocycles. The van der Waals surface area contributed by atoms with Gasteiger partial charge in [0.2, 0.25) is 5.91 Å². The summed E-state index contributed by atoms with van der Waals surface area (Å²) in [7, 11) is 0. The van der Waals surface area contributed by atoms with E-state index in [0.717, 1.165) is 69.7 Å². The highest BCUT2D eigenvalue weighted by Crippen LogP contribution is 2.26. The molecular weight excluding hydrogens is 450 g/mol. The minimum absolute atomic E-state index is 0.0137. The molecule has 2 aliphatic rings. The topological polar surface area (TPSA) is 61.9 Å². The van der Waals surface area contributed by atoms with Crippen LogP contribution < -0.4 is 10.1 Å². The fourth-order valence-corrected chi connectivity index (χ4v) is 5.10. The number of hydrogen-bond donors (Lipinski definition) is 1. The fourth-order valence-electron chi connectivity index (χ4n) is 5.10. The van der Waals surface area contributed by atoms with Crippen LogP contribution in [0.4, 0.5) is 0 Å². The van der Waals surface area contributed by atoms with Crippen molar-refractivity contribution in [3.05, 3.63) is 65.2 Å². The van der Waals surface area contributed by atoms with Crippen molar-refractivity contribution >= 4 is 11.8 Å². The standard InChI is InChI=1S/C30H41N3O3/c1-22-20-24(10-11-27(22)36-26-14-18-33(19-15-26)29(35)30(2,3)4)28(34)31-25-12-16-32(17-13-25)21-23-8-6-5-7-9-23/h5-11,20,25-26H,12-19,21H2,1-4H3,(H,31,34). The zero-order valence-corrected chi connectivity index (χ0v) is 22.3. The van der Waals surface area contributed by atoms with Crippen molar-refractivity contribution in [1.29, 1.82) is 0 Å². The van der Waals surface area contributed by atoms with Crippen LogP contribution in [0, 0.1) is 12.3 Å². The van der Waals surface area contributed by atoms with E-state index in [4.69, 9.17) is 4.74 Å². The van der Waals surface area contributed by atoms with Gasteiger partial charge in [-0.15, -0.1) is 0 Å². The van der Waals surface area contributed by atoms with Crippen LogP contribution in [0.5, 0.6) is 5.75 Å². The summed E-state index contributed by atoms with van der Waals surface area (Å²) in [6.45, 7) is 12.3. The SMILES string of the molecule is Cc1cc(C(=O)NC2CCN(Cc3ccccc3)CC2)ccc1OC1CCN(C(=O)C(C)(C)C)CC1. The fraction of sp³-hybridized carbons (Fsp3) is 0.533. The molecule has 2 amide bonds. The van der Waals surface area contributed by atoms with E-state index in [1.807, 2.05) is 56.9 Å². The van der Waals surface area contributed by atoms with Crippen LogP contribution in [0.3, 0.4) is 0 Å². The molecule has 6 heteroatoms. The maximum Gasteiger partial charge on any atom is 0.251 e. The normalized spacial score (nSPS) is 18.2. The number of piperidine rings is 2. The molecule has 36 heavy (non-hydrogen) atoms. The summed E-state index contributed by atoms with van der Waals surface area (Å²) in [6.07, 6.45) is 3.68. The average Bonchev–Trinajstić information content (AvgIpc) is 2.86. The molecule has 0 aromatic heterocycles. The highest BCUT2D eigenvalue weighted by Gasteiger charge is 2.31. The highest BCUT2D eigenvalue weighted by atomic mass is 16.5. The Morgan fingerprint density at radius 2 is 1.61 bits per heavy atom. The minimum atomic E-state index is -0.347. The Bertz CT molecular complexity index is 1030. The molecule has 2 fully saturated rings. The molecule has 0 radical (unpaired) electrons. The zero-order chi connectivity index (χ0) is 25.7. The second kappa shape index (κ2) is 11.5. The summed E-state index contributed by atoms with van der Waals surface area (Å²) in [4.78, 5) is 29.8. The van der Waals surface area contributed by atoms with Crippen molar-refractivity contribution in [3.63, 3.8) is 0 Å². The molecule has 2 saturated heterocycles. The smallest absolute Gasteiger partial charge is 0.251 e. The lowest BCUT2D eigenvalue weighted by Gasteiger charge is -2.36. The largest absolute Gasteiger partial charge is 0.490 e. The number of carbonyl (C=O) groups is 2. The van der Waals surface area contributed by atoms with Crippen molar-refractivity contribution in [2.75, 3.05) is 26.2 Å². The number of rotatable bonds is 6. The lowest BCUT2D eigenvalue weighted by Crippen LogP contribution is -2.46. The van der Waals surface area contributed by atoms with Gasteiger partial charge in [-0.2, -0.15) is 0 Å². The third-order valence-corrected chi connectivity index (χ3v) is 7.27. The number of nitrogens with one attached hydrogen (secondary N) is 1. The lowest BCUT2D eigenvalue weighted by molar-refractivity contribution is -0.141. The Labute approximate surface area is 216 Å². The Morgan fingerprint density at radius 1 is 0.944 bits per heavy atom. The summed E-state index contributed by atoms with van der Waals surface area (Å²) in [5.41, 5.74) is 2.63. The van der Waals surface area contributed by atoms with E-state index in [-0.39, 0.29) is 29.4 Å². The monoisotopic (exact) mass is 491 g/mol. The molecule has 0 bridgehead atoms. The van der Waals surface area contributed by atoms with Crippen molar-refractivity contribution in [1.82, 2.24) is 15.1 Å². The van der Waals surface area contributed by atoms with Gasteiger partial charge >= 0.3 is 0 Å². The molecule has 194 valence electrons. The Kier molecular flexibility index (Phi) is 8.35. The van der Waals surface area contributed by atoms with Gasteiger partial charge in [-0.1, -0.05) is 51.1 Å². The third kappa shape index (κ3) is 6.88. The number of aryl methyl sites for hydroxylation is 1. The first-order chi connectivity index (χ1) is 17.2. The second-order valence-corrected chi connectivity index (χ2v) is 11.3. The zero-order valence-electron chi connectivity index (χ0n) is 22.3. The van der Waals surface area contributed by atoms with E-state index in [0.29, 0.717) is 5.56 Å². The Morgan fingerprint density at radius 3 is 2.22 bits per heavy atom. The average molecular weight is 492 g/mol. The van der Waals surface area contributed by atoms with Gasteiger partial charge in [0.05, 0.1) is 0 Å². The van der Waals surface area contributed by atoms with Crippen molar-refractivity contribution < 1.29 is 14.3 Å². The van der Waals surface area contributed by atoms with E-state index >= 15 is 0 Å². The molecule has 0 unspecified atom stereocenters. The second-order valence-electron chi connectivity index (χ2n) is 11.3. The van der Waals surface area contributed by atoms with Crippen molar-refractivity contribution in [3.8, 4) is 5.75 Å². The third-order valence-electron chi connectivity index (χ3n) is 7.27. The summed E-state index contributed by atoms with van der Waals surface area (Å²) < 4.78 is 6.27. The van der Waals surface area contributed by atoms with Crippen LogP contribution in [-0.4, -0.2) is 59.9 Å². The quantitative estimate of drug-likeness (QED) is 0.630. The molecule has 2 aliphatic heterocycles. The van der Waals surface area contributed by atoms with Crippen molar-refractivity contribution in [2.24, 2.45) is 5.41 Å². The van der Waals surface area contributed by atoms with Crippen molar-refractivity contribution in [2.45, 2.75) is 72.1 Å². The lowest BCUT2D eigenvalue weighted by atomic mass is 9.93. The van der Waals surface area contributed by atoms with Crippen LogP contribution >= 0.6 is 0 Å². The molecule has 2 aromatic carbocycles. The van der Waals surface area contributed by atoms with Gasteiger partial charge in [-0.25, -0.2) is 0 Å². The van der Waals surface area contributed by atoms with Crippen LogP contribution in [0.1, 0.15) is 67.9 Å². The maximum absolute atomic E-state index is 12.9. The number of carbonyl (C=O) groups excluding carboxylic acids is 2. The summed E-state index contributed by atoms with van der Waals surface area (Å²) in [5, 5.41) is 3.23. The van der Waals surface area contributed by atoms with E-state index in [1.54, 1.807) is 0 Å². The number of likely N-dealkylation sites (tertiary alicyclic amines) is 2. The number of nitrogens with zero attached hydrogens (tertiary/aromatic N) is 2. The molecule has 4 rings (SSSR count). The first-order valence-corrected chi connectivity index (χ1v) is 13.3. The Hall–Kier alpha value is -2.86. The van der Waals surface area contributed by atoms with Crippen LogP contribution in [0.15, 0.2) is 48.5 Å². The first-order valence-electron chi connectivity index (χ1n) is 13.3. The molecule has 6 nitrogen and oxygen atoms in total.